The van der Waals surface area contributed by atoms with Gasteiger partial charge in [-0.1, -0.05) is 0 Å². The van der Waals surface area contributed by atoms with Crippen molar-refractivity contribution in [2.75, 3.05) is 33.8 Å². The molecule has 0 atom stereocenters. The van der Waals surface area contributed by atoms with E-state index in [0.717, 1.165) is 12.8 Å². The van der Waals surface area contributed by atoms with Gasteiger partial charge in [0, 0.05) is 18.0 Å². The van der Waals surface area contributed by atoms with Crippen LogP contribution in [0.2, 0.25) is 0 Å². The molecule has 0 spiro atoms. The molecule has 0 aliphatic carbocycles. The molecule has 18 heavy (non-hydrogen) atoms. The van der Waals surface area contributed by atoms with Crippen LogP contribution in [0.5, 0.6) is 23.0 Å². The van der Waals surface area contributed by atoms with Crippen LogP contribution in [0.25, 0.3) is 0 Å². The van der Waals surface area contributed by atoms with E-state index in [1.54, 1.807) is 33.5 Å². The van der Waals surface area contributed by atoms with Crippen molar-refractivity contribution in [3.05, 3.63) is 12.1 Å². The minimum absolute atomic E-state index is 0.563. The predicted octanol–water partition coefficient (Wildman–Crippen LogP) is 3.11. The Kier molecular flexibility index (Phi) is 6.50. The molecule has 0 unspecified atom stereocenters. The van der Waals surface area contributed by atoms with Crippen molar-refractivity contribution in [3.8, 4) is 23.0 Å². The van der Waals surface area contributed by atoms with Crippen LogP contribution in [0.3, 0.4) is 0 Å². The average molecular weight is 275 g/mol. The fourth-order valence-electron chi connectivity index (χ4n) is 1.53. The summed E-state index contributed by atoms with van der Waals surface area (Å²) in [5.41, 5.74) is 0. The summed E-state index contributed by atoms with van der Waals surface area (Å²) in [4.78, 5) is 0. The molecular weight excluding hydrogens is 256 g/mol. The lowest BCUT2D eigenvalue weighted by Crippen LogP contribution is -2.00. The van der Waals surface area contributed by atoms with Crippen molar-refractivity contribution >= 4 is 11.6 Å². The highest BCUT2D eigenvalue weighted by Crippen LogP contribution is 2.40. The smallest absolute Gasteiger partial charge is 0.203 e. The molecule has 1 aromatic carbocycles. The van der Waals surface area contributed by atoms with Gasteiger partial charge in [0.2, 0.25) is 5.75 Å². The minimum Gasteiger partial charge on any atom is -0.493 e. The number of ether oxygens (including phenoxy) is 4. The molecule has 0 aromatic heterocycles. The Hall–Kier alpha value is -1.29. The van der Waals surface area contributed by atoms with Crippen molar-refractivity contribution in [1.29, 1.82) is 0 Å². The van der Waals surface area contributed by atoms with Crippen molar-refractivity contribution in [2.24, 2.45) is 0 Å². The third-order valence-corrected chi connectivity index (χ3v) is 2.70. The number of benzene rings is 1. The second-order valence-electron chi connectivity index (χ2n) is 3.61. The van der Waals surface area contributed by atoms with Crippen LogP contribution in [0.15, 0.2) is 12.1 Å². The maximum atomic E-state index is 5.62. The summed E-state index contributed by atoms with van der Waals surface area (Å²) >= 11 is 5.61. The van der Waals surface area contributed by atoms with Gasteiger partial charge < -0.3 is 18.9 Å². The van der Waals surface area contributed by atoms with Crippen LogP contribution in [0.1, 0.15) is 12.8 Å². The van der Waals surface area contributed by atoms with E-state index in [1.807, 2.05) is 0 Å². The van der Waals surface area contributed by atoms with E-state index in [9.17, 15) is 0 Å². The topological polar surface area (TPSA) is 36.9 Å². The van der Waals surface area contributed by atoms with E-state index in [-0.39, 0.29) is 0 Å². The second kappa shape index (κ2) is 7.93. The number of methoxy groups -OCH3 is 3. The quantitative estimate of drug-likeness (QED) is 0.539. The molecule has 0 saturated heterocycles. The molecule has 1 aromatic rings. The fraction of sp³-hybridized carbons (Fsp3) is 0.538. The average Bonchev–Trinajstić information content (AvgIpc) is 2.42. The van der Waals surface area contributed by atoms with Crippen molar-refractivity contribution in [2.45, 2.75) is 12.8 Å². The molecule has 0 fully saturated rings. The normalized spacial score (nSPS) is 10.0. The number of hydrogen-bond acceptors (Lipinski definition) is 4. The molecule has 5 heteroatoms. The standard InChI is InChI=1S/C13H19ClO4/c1-15-11-8-10(18-7-5-4-6-14)9-12(16-2)13(11)17-3/h8-9H,4-7H2,1-3H3. The van der Waals surface area contributed by atoms with Crippen molar-refractivity contribution < 1.29 is 18.9 Å². The minimum atomic E-state index is 0.563. The molecule has 0 heterocycles. The number of unbranched alkanes of at least 4 members (excludes halogenated alkanes) is 1. The molecule has 0 aliphatic heterocycles. The van der Waals surface area contributed by atoms with E-state index in [4.69, 9.17) is 30.5 Å². The van der Waals surface area contributed by atoms with Gasteiger partial charge in [0.25, 0.3) is 0 Å². The molecule has 0 aliphatic rings. The molecule has 1 rings (SSSR count). The lowest BCUT2D eigenvalue weighted by atomic mass is 10.2. The Bertz CT molecular complexity index is 343. The Morgan fingerprint density at radius 2 is 1.56 bits per heavy atom. The number of rotatable bonds is 8. The van der Waals surface area contributed by atoms with Gasteiger partial charge in [-0.25, -0.2) is 0 Å². The van der Waals surface area contributed by atoms with Gasteiger partial charge in [0.1, 0.15) is 5.75 Å². The van der Waals surface area contributed by atoms with Gasteiger partial charge in [0.05, 0.1) is 27.9 Å². The molecule has 102 valence electrons. The van der Waals surface area contributed by atoms with E-state index in [2.05, 4.69) is 0 Å². The molecule has 0 amide bonds. The summed E-state index contributed by atoms with van der Waals surface area (Å²) in [6, 6.07) is 3.56. The predicted molar refractivity (Wildman–Crippen MR) is 71.5 cm³/mol. The molecule has 0 N–H and O–H groups in total. The number of alkyl halides is 1. The monoisotopic (exact) mass is 274 g/mol. The molecule has 0 bridgehead atoms. The van der Waals surface area contributed by atoms with Crippen molar-refractivity contribution in [3.63, 3.8) is 0 Å². The van der Waals surface area contributed by atoms with Gasteiger partial charge in [-0.05, 0) is 12.8 Å². The maximum absolute atomic E-state index is 5.62. The van der Waals surface area contributed by atoms with Crippen LogP contribution < -0.4 is 18.9 Å². The summed E-state index contributed by atoms with van der Waals surface area (Å²) in [5, 5.41) is 0. The first kappa shape index (κ1) is 14.8. The Morgan fingerprint density at radius 3 is 2.00 bits per heavy atom. The highest BCUT2D eigenvalue weighted by molar-refractivity contribution is 6.17. The number of hydrogen-bond donors (Lipinski definition) is 0. The van der Waals surface area contributed by atoms with E-state index >= 15 is 0 Å². The summed E-state index contributed by atoms with van der Waals surface area (Å²) in [7, 11) is 4.73. The Balaban J connectivity index is 2.80. The highest BCUT2D eigenvalue weighted by atomic mass is 35.5. The molecule has 0 radical (unpaired) electrons. The Labute approximate surface area is 113 Å². The van der Waals surface area contributed by atoms with Crippen LogP contribution in [0.4, 0.5) is 0 Å². The Morgan fingerprint density at radius 1 is 0.944 bits per heavy atom. The summed E-state index contributed by atoms with van der Waals surface area (Å²) < 4.78 is 21.3. The maximum Gasteiger partial charge on any atom is 0.203 e. The third kappa shape index (κ3) is 3.88. The van der Waals surface area contributed by atoms with Gasteiger partial charge in [-0.2, -0.15) is 0 Å². The van der Waals surface area contributed by atoms with Crippen LogP contribution in [0, 0.1) is 0 Å². The fourth-order valence-corrected chi connectivity index (χ4v) is 1.72. The summed E-state index contributed by atoms with van der Waals surface area (Å²) in [6.45, 7) is 0.616. The first-order valence-corrected chi connectivity index (χ1v) is 6.29. The van der Waals surface area contributed by atoms with Crippen LogP contribution in [-0.4, -0.2) is 33.8 Å². The molecule has 4 nitrogen and oxygen atoms in total. The van der Waals surface area contributed by atoms with Gasteiger partial charge in [-0.3, -0.25) is 0 Å². The number of halogens is 1. The lowest BCUT2D eigenvalue weighted by molar-refractivity contribution is 0.294. The van der Waals surface area contributed by atoms with E-state index in [1.165, 1.54) is 0 Å². The van der Waals surface area contributed by atoms with Gasteiger partial charge in [-0.15, -0.1) is 11.6 Å². The first-order chi connectivity index (χ1) is 8.76. The van der Waals surface area contributed by atoms with Crippen LogP contribution in [-0.2, 0) is 0 Å². The summed E-state index contributed by atoms with van der Waals surface area (Å²) in [5.74, 6) is 3.08. The van der Waals surface area contributed by atoms with Gasteiger partial charge >= 0.3 is 0 Å². The largest absolute Gasteiger partial charge is 0.493 e. The SMILES string of the molecule is COc1cc(OCCCCCl)cc(OC)c1OC. The van der Waals surface area contributed by atoms with Crippen molar-refractivity contribution in [1.82, 2.24) is 0 Å². The van der Waals surface area contributed by atoms with Gasteiger partial charge in [0.15, 0.2) is 11.5 Å². The second-order valence-corrected chi connectivity index (χ2v) is 3.98. The molecular formula is C13H19ClO4. The zero-order chi connectivity index (χ0) is 13.4. The summed E-state index contributed by atoms with van der Waals surface area (Å²) in [6.07, 6.45) is 1.85. The first-order valence-electron chi connectivity index (χ1n) is 5.75. The highest BCUT2D eigenvalue weighted by Gasteiger charge is 2.13. The lowest BCUT2D eigenvalue weighted by Gasteiger charge is -2.14. The van der Waals surface area contributed by atoms with Crippen LogP contribution >= 0.6 is 11.6 Å². The van der Waals surface area contributed by atoms with E-state index in [0.29, 0.717) is 35.5 Å². The van der Waals surface area contributed by atoms with E-state index < -0.39 is 0 Å². The molecule has 0 saturated carbocycles. The zero-order valence-corrected chi connectivity index (χ0v) is 11.8. The zero-order valence-electron chi connectivity index (χ0n) is 11.0. The third-order valence-electron chi connectivity index (χ3n) is 2.43.